The Morgan fingerprint density at radius 1 is 1.03 bits per heavy atom. The number of nitrogens with zero attached hydrogens (tertiary/aromatic N) is 3. The Hall–Kier alpha value is -3.41. The van der Waals surface area contributed by atoms with E-state index in [1.807, 2.05) is 54.8 Å². The molecule has 0 aliphatic rings. The van der Waals surface area contributed by atoms with E-state index in [0.717, 1.165) is 23.1 Å². The molecule has 2 aromatic heterocycles. The van der Waals surface area contributed by atoms with Crippen LogP contribution in [0.15, 0.2) is 48.5 Å². The van der Waals surface area contributed by atoms with Gasteiger partial charge in [0.25, 0.3) is 5.91 Å². The second-order valence-electron chi connectivity index (χ2n) is 8.01. The highest BCUT2D eigenvalue weighted by Crippen LogP contribution is 2.31. The molecule has 154 valence electrons. The van der Waals surface area contributed by atoms with E-state index in [2.05, 4.69) is 31.3 Å². The van der Waals surface area contributed by atoms with Crippen molar-refractivity contribution in [1.82, 2.24) is 19.9 Å². The van der Waals surface area contributed by atoms with Crippen molar-refractivity contribution in [2.45, 2.75) is 46.1 Å². The monoisotopic (exact) mass is 401 g/mol. The molecule has 0 saturated carbocycles. The number of fused-ring (bicyclic) bond motifs is 2. The molecule has 0 aliphatic heterocycles. The fourth-order valence-electron chi connectivity index (χ4n) is 3.55. The van der Waals surface area contributed by atoms with Crippen molar-refractivity contribution >= 4 is 33.9 Å². The van der Waals surface area contributed by atoms with Crippen molar-refractivity contribution in [2.75, 3.05) is 5.73 Å². The lowest BCUT2D eigenvalue weighted by molar-refractivity contribution is 0.0941. The number of nitrogens with one attached hydrogen (secondary N) is 1. The summed E-state index contributed by atoms with van der Waals surface area (Å²) in [5.41, 5.74) is 11.6. The van der Waals surface area contributed by atoms with Crippen molar-refractivity contribution in [2.24, 2.45) is 0 Å². The number of rotatable bonds is 5. The maximum atomic E-state index is 13.1. The van der Waals surface area contributed by atoms with E-state index < -0.39 is 0 Å². The first-order chi connectivity index (χ1) is 14.4. The van der Waals surface area contributed by atoms with Gasteiger partial charge in [0.15, 0.2) is 5.65 Å². The average molecular weight is 402 g/mol. The highest BCUT2D eigenvalue weighted by molar-refractivity contribution is 6.11. The quantitative estimate of drug-likeness (QED) is 0.503. The van der Waals surface area contributed by atoms with Crippen LogP contribution in [0.25, 0.3) is 27.9 Å². The summed E-state index contributed by atoms with van der Waals surface area (Å²) < 4.78 is 1.82. The van der Waals surface area contributed by atoms with Crippen LogP contribution in [-0.4, -0.2) is 26.5 Å². The molecule has 3 N–H and O–H groups in total. The van der Waals surface area contributed by atoms with Gasteiger partial charge < -0.3 is 11.1 Å². The normalized spacial score (nSPS) is 12.6. The molecule has 2 aromatic carbocycles. The molecule has 2 heterocycles. The summed E-state index contributed by atoms with van der Waals surface area (Å²) in [6, 6.07) is 15.9. The Labute approximate surface area is 176 Å². The molecule has 30 heavy (non-hydrogen) atoms. The van der Waals surface area contributed by atoms with E-state index in [4.69, 9.17) is 15.7 Å². The third-order valence-corrected chi connectivity index (χ3v) is 5.53. The predicted molar refractivity (Wildman–Crippen MR) is 122 cm³/mol. The van der Waals surface area contributed by atoms with Gasteiger partial charge >= 0.3 is 0 Å². The molecule has 0 saturated heterocycles. The molecule has 1 atom stereocenters. The number of amides is 1. The minimum absolute atomic E-state index is 0.0361. The number of aromatic nitrogens is 3. The van der Waals surface area contributed by atoms with Crippen molar-refractivity contribution in [1.29, 1.82) is 0 Å². The van der Waals surface area contributed by atoms with Gasteiger partial charge in [0, 0.05) is 11.7 Å². The van der Waals surface area contributed by atoms with Gasteiger partial charge in [0.1, 0.15) is 16.9 Å². The van der Waals surface area contributed by atoms with Crippen LogP contribution in [0.4, 0.5) is 5.82 Å². The largest absolute Gasteiger partial charge is 0.384 e. The second-order valence-corrected chi connectivity index (χ2v) is 8.01. The zero-order chi connectivity index (χ0) is 21.4. The van der Waals surface area contributed by atoms with Crippen LogP contribution in [0.5, 0.6) is 0 Å². The maximum Gasteiger partial charge on any atom is 0.257 e. The molecule has 6 nitrogen and oxygen atoms in total. The summed E-state index contributed by atoms with van der Waals surface area (Å²) in [5.74, 6) is 0.547. The number of carbonyl (C=O) groups is 1. The van der Waals surface area contributed by atoms with Crippen LogP contribution in [0.1, 0.15) is 56.0 Å². The molecule has 1 amide bonds. The highest BCUT2D eigenvalue weighted by atomic mass is 16.1. The van der Waals surface area contributed by atoms with Gasteiger partial charge in [-0.15, -0.1) is 0 Å². The maximum absolute atomic E-state index is 13.1. The summed E-state index contributed by atoms with van der Waals surface area (Å²) >= 11 is 0. The van der Waals surface area contributed by atoms with Gasteiger partial charge in [0.05, 0.1) is 11.0 Å². The van der Waals surface area contributed by atoms with Gasteiger partial charge in [-0.25, -0.2) is 9.97 Å². The van der Waals surface area contributed by atoms with Crippen molar-refractivity contribution < 1.29 is 4.79 Å². The fraction of sp³-hybridized carbons (Fsp3) is 0.292. The topological polar surface area (TPSA) is 85.8 Å². The van der Waals surface area contributed by atoms with E-state index in [1.165, 1.54) is 5.56 Å². The Balaban J connectivity index is 1.98. The molecular weight excluding hydrogens is 374 g/mol. The van der Waals surface area contributed by atoms with E-state index >= 15 is 0 Å². The standard InChI is InChI=1S/C24H27N5O/c1-5-15(4)26-24(30)20-21-23(28-19-9-7-6-8-18(19)27-21)29(22(20)25)17-12-10-16(11-13-17)14(2)3/h6-15H,5,25H2,1-4H3,(H,26,30). The molecule has 0 radical (unpaired) electrons. The Morgan fingerprint density at radius 3 is 2.27 bits per heavy atom. The molecule has 4 rings (SSSR count). The average Bonchev–Trinajstić information content (AvgIpc) is 3.02. The zero-order valence-electron chi connectivity index (χ0n) is 17.8. The molecule has 1 unspecified atom stereocenters. The summed E-state index contributed by atoms with van der Waals surface area (Å²) in [6.07, 6.45) is 0.829. The number of anilines is 1. The van der Waals surface area contributed by atoms with Gasteiger partial charge in [-0.1, -0.05) is 45.0 Å². The lowest BCUT2D eigenvalue weighted by Gasteiger charge is -2.12. The Morgan fingerprint density at radius 2 is 1.67 bits per heavy atom. The van der Waals surface area contributed by atoms with E-state index in [0.29, 0.717) is 28.5 Å². The van der Waals surface area contributed by atoms with Crippen LogP contribution in [0, 0.1) is 0 Å². The summed E-state index contributed by atoms with van der Waals surface area (Å²) in [7, 11) is 0. The van der Waals surface area contributed by atoms with Crippen LogP contribution in [0.3, 0.4) is 0 Å². The van der Waals surface area contributed by atoms with E-state index in [9.17, 15) is 4.79 Å². The molecule has 0 aliphatic carbocycles. The predicted octanol–water partition coefficient (Wildman–Crippen LogP) is 4.81. The minimum Gasteiger partial charge on any atom is -0.384 e. The van der Waals surface area contributed by atoms with Crippen LogP contribution in [-0.2, 0) is 0 Å². The third-order valence-electron chi connectivity index (χ3n) is 5.53. The number of nitrogen functional groups attached to an aromatic ring is 1. The third kappa shape index (κ3) is 3.38. The van der Waals surface area contributed by atoms with Crippen LogP contribution in [0.2, 0.25) is 0 Å². The molecule has 6 heteroatoms. The summed E-state index contributed by atoms with van der Waals surface area (Å²) in [4.78, 5) is 22.7. The first-order valence-corrected chi connectivity index (χ1v) is 10.4. The second kappa shape index (κ2) is 7.78. The summed E-state index contributed by atoms with van der Waals surface area (Å²) in [5, 5.41) is 3.02. The van der Waals surface area contributed by atoms with Crippen molar-refractivity contribution in [3.05, 3.63) is 59.7 Å². The first kappa shape index (κ1) is 19.9. The van der Waals surface area contributed by atoms with Crippen molar-refractivity contribution in [3.63, 3.8) is 0 Å². The molecule has 0 spiro atoms. The van der Waals surface area contributed by atoms with E-state index in [-0.39, 0.29) is 11.9 Å². The number of hydrogen-bond acceptors (Lipinski definition) is 4. The Bertz CT molecular complexity index is 1220. The minimum atomic E-state index is -0.228. The number of carbonyl (C=O) groups excluding carboxylic acids is 1. The fourth-order valence-corrected chi connectivity index (χ4v) is 3.55. The van der Waals surface area contributed by atoms with Gasteiger partial charge in [-0.3, -0.25) is 9.36 Å². The lowest BCUT2D eigenvalue weighted by Crippen LogP contribution is -2.32. The SMILES string of the molecule is CCC(C)NC(=O)c1c(N)n(-c2ccc(C(C)C)cc2)c2nc3ccccc3nc12. The van der Waals surface area contributed by atoms with Gasteiger partial charge in [0.2, 0.25) is 0 Å². The smallest absolute Gasteiger partial charge is 0.257 e. The number of hydrogen-bond donors (Lipinski definition) is 2. The van der Waals surface area contributed by atoms with Gasteiger partial charge in [-0.2, -0.15) is 0 Å². The first-order valence-electron chi connectivity index (χ1n) is 10.4. The summed E-state index contributed by atoms with van der Waals surface area (Å²) in [6.45, 7) is 8.31. The Kier molecular flexibility index (Phi) is 5.16. The van der Waals surface area contributed by atoms with Crippen LogP contribution >= 0.6 is 0 Å². The van der Waals surface area contributed by atoms with Gasteiger partial charge in [-0.05, 0) is 49.1 Å². The molecule has 4 aromatic rings. The zero-order valence-corrected chi connectivity index (χ0v) is 17.8. The van der Waals surface area contributed by atoms with Crippen molar-refractivity contribution in [3.8, 4) is 5.69 Å². The number of nitrogens with two attached hydrogens (primary N) is 1. The molecule has 0 bridgehead atoms. The van der Waals surface area contributed by atoms with Crippen LogP contribution < -0.4 is 11.1 Å². The number of benzene rings is 2. The number of para-hydroxylation sites is 2. The lowest BCUT2D eigenvalue weighted by atomic mass is 10.0. The highest BCUT2D eigenvalue weighted by Gasteiger charge is 2.25. The molecular formula is C24H27N5O. The molecule has 0 fully saturated rings. The van der Waals surface area contributed by atoms with E-state index in [1.54, 1.807) is 0 Å².